The monoisotopic (exact) mass is 194 g/mol. The van der Waals surface area contributed by atoms with Crippen LogP contribution in [0, 0.1) is 0 Å². The van der Waals surface area contributed by atoms with Crippen molar-refractivity contribution in [3.05, 3.63) is 30.1 Å². The Kier molecular flexibility index (Phi) is 2.11. The van der Waals surface area contributed by atoms with Gasteiger partial charge in [-0.1, -0.05) is 0 Å². The second-order valence-corrected chi connectivity index (χ2v) is 2.91. The standard InChI is InChI=1S/C9H10N2O3/c1-14-9(13)6-4-7-10-8(12)2-3-11(7)5-6/h2-5,9,13H,1H3,(H,10,12). The Labute approximate surface area is 80.2 Å². The highest BCUT2D eigenvalue weighted by Gasteiger charge is 2.09. The molecule has 0 aliphatic heterocycles. The summed E-state index contributed by atoms with van der Waals surface area (Å²) in [4.78, 5) is 3.86. The van der Waals surface area contributed by atoms with E-state index in [9.17, 15) is 5.11 Å². The van der Waals surface area contributed by atoms with Crippen LogP contribution >= 0.6 is 0 Å². The number of aromatic nitrogens is 2. The number of aromatic hydroxyl groups is 1. The SMILES string of the molecule is COC(O)c1cc2nc(O)ccn2c1. The number of aliphatic hydroxyl groups excluding tert-OH is 1. The van der Waals surface area contributed by atoms with Crippen LogP contribution in [0.4, 0.5) is 0 Å². The largest absolute Gasteiger partial charge is 0.493 e. The Bertz CT molecular complexity index is 452. The Morgan fingerprint density at radius 3 is 3.07 bits per heavy atom. The molecule has 14 heavy (non-hydrogen) atoms. The van der Waals surface area contributed by atoms with Crippen LogP contribution in [-0.2, 0) is 4.74 Å². The summed E-state index contributed by atoms with van der Waals surface area (Å²) in [6.07, 6.45) is 2.39. The molecule has 0 spiro atoms. The molecule has 1 unspecified atom stereocenters. The topological polar surface area (TPSA) is 67.0 Å². The third-order valence-electron chi connectivity index (χ3n) is 1.97. The van der Waals surface area contributed by atoms with E-state index in [4.69, 9.17) is 9.84 Å². The van der Waals surface area contributed by atoms with Gasteiger partial charge >= 0.3 is 0 Å². The molecular formula is C9H10N2O3. The number of fused-ring (bicyclic) bond motifs is 1. The summed E-state index contributed by atoms with van der Waals surface area (Å²) in [7, 11) is 1.41. The van der Waals surface area contributed by atoms with Gasteiger partial charge in [0, 0.05) is 31.1 Å². The van der Waals surface area contributed by atoms with Crippen molar-refractivity contribution in [2.75, 3.05) is 7.11 Å². The fourth-order valence-corrected chi connectivity index (χ4v) is 1.27. The molecule has 0 aliphatic carbocycles. The lowest BCUT2D eigenvalue weighted by molar-refractivity contribution is -0.0768. The third kappa shape index (κ3) is 1.43. The zero-order valence-corrected chi connectivity index (χ0v) is 7.58. The normalized spacial score (nSPS) is 13.3. The lowest BCUT2D eigenvalue weighted by Crippen LogP contribution is -1.96. The number of hydrogen-bond acceptors (Lipinski definition) is 4. The predicted molar refractivity (Wildman–Crippen MR) is 48.8 cm³/mol. The van der Waals surface area contributed by atoms with Crippen LogP contribution in [-0.4, -0.2) is 26.7 Å². The van der Waals surface area contributed by atoms with Crippen LogP contribution in [0.25, 0.3) is 5.65 Å². The van der Waals surface area contributed by atoms with Crippen molar-refractivity contribution >= 4 is 5.65 Å². The number of hydrogen-bond donors (Lipinski definition) is 2. The number of aliphatic hydroxyl groups is 1. The lowest BCUT2D eigenvalue weighted by Gasteiger charge is -2.03. The molecule has 0 fully saturated rings. The maximum Gasteiger partial charge on any atom is 0.214 e. The van der Waals surface area contributed by atoms with E-state index in [1.54, 1.807) is 22.9 Å². The van der Waals surface area contributed by atoms with Crippen molar-refractivity contribution in [2.24, 2.45) is 0 Å². The molecule has 5 heteroatoms. The number of nitrogens with zero attached hydrogens (tertiary/aromatic N) is 2. The Hall–Kier alpha value is -1.59. The summed E-state index contributed by atoms with van der Waals surface area (Å²) >= 11 is 0. The Balaban J connectivity index is 2.51. The van der Waals surface area contributed by atoms with E-state index in [-0.39, 0.29) is 5.88 Å². The maximum atomic E-state index is 9.37. The first kappa shape index (κ1) is 8.98. The fraction of sp³-hybridized carbons (Fsp3) is 0.222. The summed E-state index contributed by atoms with van der Waals surface area (Å²) < 4.78 is 6.44. The minimum Gasteiger partial charge on any atom is -0.493 e. The Morgan fingerprint density at radius 1 is 1.57 bits per heavy atom. The minimum absolute atomic E-state index is 0.0472. The van der Waals surface area contributed by atoms with Crippen LogP contribution in [0.5, 0.6) is 5.88 Å². The molecule has 2 rings (SSSR count). The molecule has 0 saturated carbocycles. The van der Waals surface area contributed by atoms with Gasteiger partial charge in [-0.15, -0.1) is 0 Å². The molecule has 0 aliphatic rings. The fourth-order valence-electron chi connectivity index (χ4n) is 1.27. The number of methoxy groups -OCH3 is 1. The lowest BCUT2D eigenvalue weighted by atomic mass is 10.3. The van der Waals surface area contributed by atoms with E-state index >= 15 is 0 Å². The molecule has 2 heterocycles. The summed E-state index contributed by atoms with van der Waals surface area (Å²) in [5.74, 6) is -0.0472. The number of rotatable bonds is 2. The molecule has 2 N–H and O–H groups in total. The van der Waals surface area contributed by atoms with E-state index in [2.05, 4.69) is 4.98 Å². The van der Waals surface area contributed by atoms with Gasteiger partial charge in [-0.05, 0) is 6.07 Å². The third-order valence-corrected chi connectivity index (χ3v) is 1.97. The Morgan fingerprint density at radius 2 is 2.36 bits per heavy atom. The van der Waals surface area contributed by atoms with E-state index in [0.717, 1.165) is 0 Å². The van der Waals surface area contributed by atoms with Crippen LogP contribution in [0.2, 0.25) is 0 Å². The molecular weight excluding hydrogens is 184 g/mol. The van der Waals surface area contributed by atoms with Gasteiger partial charge in [0.25, 0.3) is 0 Å². The zero-order chi connectivity index (χ0) is 10.1. The first-order chi connectivity index (χ1) is 6.70. The second-order valence-electron chi connectivity index (χ2n) is 2.91. The average Bonchev–Trinajstić information content (AvgIpc) is 2.59. The molecule has 2 aromatic heterocycles. The van der Waals surface area contributed by atoms with Crippen molar-refractivity contribution in [3.8, 4) is 5.88 Å². The van der Waals surface area contributed by atoms with Gasteiger partial charge < -0.3 is 19.4 Å². The summed E-state index contributed by atoms with van der Waals surface area (Å²) in [5.41, 5.74) is 1.17. The van der Waals surface area contributed by atoms with Crippen LogP contribution in [0.1, 0.15) is 11.9 Å². The summed E-state index contributed by atoms with van der Waals surface area (Å²) in [5, 5.41) is 18.5. The minimum atomic E-state index is -0.959. The molecule has 0 amide bonds. The smallest absolute Gasteiger partial charge is 0.214 e. The molecule has 0 radical (unpaired) electrons. The summed E-state index contributed by atoms with van der Waals surface area (Å²) in [6, 6.07) is 3.11. The molecule has 0 saturated heterocycles. The molecule has 0 aromatic carbocycles. The van der Waals surface area contributed by atoms with Crippen molar-refractivity contribution in [1.82, 2.24) is 9.38 Å². The number of ether oxygens (including phenoxy) is 1. The molecule has 0 bridgehead atoms. The van der Waals surface area contributed by atoms with Crippen molar-refractivity contribution in [1.29, 1.82) is 0 Å². The van der Waals surface area contributed by atoms with Gasteiger partial charge in [-0.3, -0.25) is 0 Å². The van der Waals surface area contributed by atoms with Crippen LogP contribution < -0.4 is 0 Å². The van der Waals surface area contributed by atoms with Gasteiger partial charge in [0.2, 0.25) is 5.88 Å². The van der Waals surface area contributed by atoms with Gasteiger partial charge in [0.15, 0.2) is 6.29 Å². The van der Waals surface area contributed by atoms with Gasteiger partial charge in [0.1, 0.15) is 5.65 Å². The van der Waals surface area contributed by atoms with Crippen molar-refractivity contribution in [3.63, 3.8) is 0 Å². The van der Waals surface area contributed by atoms with Crippen molar-refractivity contribution in [2.45, 2.75) is 6.29 Å². The highest BCUT2D eigenvalue weighted by atomic mass is 16.6. The van der Waals surface area contributed by atoms with Crippen molar-refractivity contribution < 1.29 is 14.9 Å². The van der Waals surface area contributed by atoms with Gasteiger partial charge in [-0.25, -0.2) is 0 Å². The van der Waals surface area contributed by atoms with E-state index in [1.807, 2.05) is 0 Å². The van der Waals surface area contributed by atoms with Crippen LogP contribution in [0.3, 0.4) is 0 Å². The second kappa shape index (κ2) is 3.28. The highest BCUT2D eigenvalue weighted by Crippen LogP contribution is 2.17. The summed E-state index contributed by atoms with van der Waals surface area (Å²) in [6.45, 7) is 0. The van der Waals surface area contributed by atoms with Crippen LogP contribution in [0.15, 0.2) is 24.5 Å². The quantitative estimate of drug-likeness (QED) is 0.690. The van der Waals surface area contributed by atoms with E-state index < -0.39 is 6.29 Å². The predicted octanol–water partition coefficient (Wildman–Crippen LogP) is 0.677. The zero-order valence-electron chi connectivity index (χ0n) is 7.58. The average molecular weight is 194 g/mol. The van der Waals surface area contributed by atoms with E-state index in [1.165, 1.54) is 13.2 Å². The first-order valence-corrected chi connectivity index (χ1v) is 4.09. The first-order valence-electron chi connectivity index (χ1n) is 4.09. The highest BCUT2D eigenvalue weighted by molar-refractivity contribution is 5.44. The molecule has 2 aromatic rings. The maximum absolute atomic E-state index is 9.37. The molecule has 5 nitrogen and oxygen atoms in total. The van der Waals surface area contributed by atoms with Gasteiger partial charge in [0.05, 0.1) is 0 Å². The molecule has 74 valence electrons. The van der Waals surface area contributed by atoms with E-state index in [0.29, 0.717) is 11.2 Å². The molecule has 1 atom stereocenters. The van der Waals surface area contributed by atoms with Gasteiger partial charge in [-0.2, -0.15) is 4.98 Å².